The molecule has 2 heterocycles. The van der Waals surface area contributed by atoms with Gasteiger partial charge in [0.2, 0.25) is 0 Å². The molecule has 0 aliphatic rings. The van der Waals surface area contributed by atoms with Crippen molar-refractivity contribution in [3.63, 3.8) is 0 Å². The van der Waals surface area contributed by atoms with E-state index < -0.39 is 5.69 Å². The Morgan fingerprint density at radius 1 is 1.00 bits per heavy atom. The molecule has 0 saturated carbocycles. The second-order valence-electron chi connectivity index (χ2n) is 6.57. The normalized spacial score (nSPS) is 10.9. The quantitative estimate of drug-likeness (QED) is 0.552. The fourth-order valence-corrected chi connectivity index (χ4v) is 3.28. The number of fused-ring (bicyclic) bond motifs is 1. The van der Waals surface area contributed by atoms with Gasteiger partial charge < -0.3 is 4.74 Å². The van der Waals surface area contributed by atoms with Crippen LogP contribution in [-0.2, 0) is 6.54 Å². The zero-order valence-corrected chi connectivity index (χ0v) is 15.6. The first-order valence-electron chi connectivity index (χ1n) is 8.89. The second-order valence-corrected chi connectivity index (χ2v) is 6.57. The number of ether oxygens (including phenoxy) is 1. The van der Waals surface area contributed by atoms with E-state index in [2.05, 4.69) is 4.98 Å². The third-order valence-corrected chi connectivity index (χ3v) is 4.65. The first-order chi connectivity index (χ1) is 13.6. The molecular formula is C22H19N3O3. The van der Waals surface area contributed by atoms with E-state index in [9.17, 15) is 9.59 Å². The molecule has 2 aromatic heterocycles. The molecule has 0 radical (unpaired) electrons. The molecule has 0 amide bonds. The predicted molar refractivity (Wildman–Crippen MR) is 108 cm³/mol. The van der Waals surface area contributed by atoms with Gasteiger partial charge in [0.05, 0.1) is 24.7 Å². The Morgan fingerprint density at radius 3 is 2.50 bits per heavy atom. The lowest BCUT2D eigenvalue weighted by molar-refractivity contribution is 0.414. The number of benzene rings is 2. The summed E-state index contributed by atoms with van der Waals surface area (Å²) in [6.45, 7) is 2.17. The van der Waals surface area contributed by atoms with Crippen molar-refractivity contribution in [3.05, 3.63) is 98.8 Å². The third kappa shape index (κ3) is 3.09. The van der Waals surface area contributed by atoms with Crippen LogP contribution in [0.4, 0.5) is 0 Å². The molecule has 28 heavy (non-hydrogen) atoms. The SMILES string of the molecule is COc1ccc(-n2c(=O)n(Cc3cccc(C)c3)c(=O)c3cccnc32)cc1. The highest BCUT2D eigenvalue weighted by Crippen LogP contribution is 2.16. The van der Waals surface area contributed by atoms with Crippen molar-refractivity contribution >= 4 is 11.0 Å². The van der Waals surface area contributed by atoms with Crippen LogP contribution >= 0.6 is 0 Å². The topological polar surface area (TPSA) is 66.1 Å². The highest BCUT2D eigenvalue weighted by atomic mass is 16.5. The Hall–Kier alpha value is -3.67. The molecular weight excluding hydrogens is 354 g/mol. The first-order valence-corrected chi connectivity index (χ1v) is 8.89. The summed E-state index contributed by atoms with van der Waals surface area (Å²) in [5.74, 6) is 0.683. The third-order valence-electron chi connectivity index (χ3n) is 4.65. The molecule has 2 aromatic carbocycles. The summed E-state index contributed by atoms with van der Waals surface area (Å²) < 4.78 is 7.91. The van der Waals surface area contributed by atoms with Gasteiger partial charge in [-0.05, 0) is 48.9 Å². The summed E-state index contributed by atoms with van der Waals surface area (Å²) in [5, 5.41) is 0.394. The summed E-state index contributed by atoms with van der Waals surface area (Å²) >= 11 is 0. The lowest BCUT2D eigenvalue weighted by Gasteiger charge is -2.14. The highest BCUT2D eigenvalue weighted by molar-refractivity contribution is 5.75. The van der Waals surface area contributed by atoms with Crippen molar-refractivity contribution in [2.45, 2.75) is 13.5 Å². The minimum absolute atomic E-state index is 0.195. The molecule has 4 aromatic rings. The van der Waals surface area contributed by atoms with Crippen molar-refractivity contribution in [2.75, 3.05) is 7.11 Å². The van der Waals surface area contributed by atoms with Gasteiger partial charge >= 0.3 is 5.69 Å². The van der Waals surface area contributed by atoms with E-state index in [1.165, 1.54) is 9.13 Å². The number of aromatic nitrogens is 3. The molecule has 0 saturated heterocycles. The summed E-state index contributed by atoms with van der Waals surface area (Å²) in [7, 11) is 1.58. The molecule has 0 atom stereocenters. The van der Waals surface area contributed by atoms with E-state index in [1.54, 1.807) is 49.7 Å². The standard InChI is InChI=1S/C22H19N3O3/c1-15-5-3-6-16(13-15)14-24-21(26)19-7-4-12-23-20(19)25(22(24)27)17-8-10-18(28-2)11-9-17/h3-13H,14H2,1-2H3. The zero-order chi connectivity index (χ0) is 19.7. The van der Waals surface area contributed by atoms with E-state index in [-0.39, 0.29) is 12.1 Å². The largest absolute Gasteiger partial charge is 0.497 e. The molecule has 0 spiro atoms. The molecule has 4 rings (SSSR count). The Balaban J connectivity index is 1.98. The maximum Gasteiger partial charge on any atom is 0.337 e. The fraction of sp³-hybridized carbons (Fsp3) is 0.136. The first kappa shape index (κ1) is 17.7. The molecule has 140 valence electrons. The minimum Gasteiger partial charge on any atom is -0.497 e. The van der Waals surface area contributed by atoms with Gasteiger partial charge in [-0.15, -0.1) is 0 Å². The maximum atomic E-state index is 13.3. The van der Waals surface area contributed by atoms with Crippen LogP contribution in [0.1, 0.15) is 11.1 Å². The molecule has 0 aliphatic heterocycles. The molecule has 6 nitrogen and oxygen atoms in total. The summed E-state index contributed by atoms with van der Waals surface area (Å²) in [4.78, 5) is 30.6. The van der Waals surface area contributed by atoms with Crippen molar-refractivity contribution < 1.29 is 4.74 Å². The summed E-state index contributed by atoms with van der Waals surface area (Å²) in [5.41, 5.74) is 2.14. The number of aryl methyl sites for hydroxylation is 1. The van der Waals surface area contributed by atoms with Crippen LogP contribution in [0, 0.1) is 6.92 Å². The van der Waals surface area contributed by atoms with E-state index in [4.69, 9.17) is 4.74 Å². The number of nitrogens with zero attached hydrogens (tertiary/aromatic N) is 3. The zero-order valence-electron chi connectivity index (χ0n) is 15.6. The lowest BCUT2D eigenvalue weighted by Crippen LogP contribution is -2.40. The molecule has 0 fully saturated rings. The molecule has 0 bridgehead atoms. The highest BCUT2D eigenvalue weighted by Gasteiger charge is 2.15. The van der Waals surface area contributed by atoms with Gasteiger partial charge in [-0.3, -0.25) is 9.36 Å². The Morgan fingerprint density at radius 2 is 1.79 bits per heavy atom. The smallest absolute Gasteiger partial charge is 0.337 e. The van der Waals surface area contributed by atoms with Crippen LogP contribution in [-0.4, -0.2) is 21.2 Å². The number of pyridine rings is 1. The van der Waals surface area contributed by atoms with Gasteiger partial charge in [0.25, 0.3) is 5.56 Å². The Kier molecular flexibility index (Phi) is 4.53. The summed E-state index contributed by atoms with van der Waals surface area (Å²) in [6.07, 6.45) is 1.58. The van der Waals surface area contributed by atoms with Crippen LogP contribution in [0.15, 0.2) is 76.4 Å². The number of methoxy groups -OCH3 is 1. The molecule has 0 unspecified atom stereocenters. The van der Waals surface area contributed by atoms with Crippen LogP contribution in [0.2, 0.25) is 0 Å². The van der Waals surface area contributed by atoms with E-state index in [0.29, 0.717) is 22.5 Å². The predicted octanol–water partition coefficient (Wildman–Crippen LogP) is 2.91. The fourth-order valence-electron chi connectivity index (χ4n) is 3.28. The maximum absolute atomic E-state index is 13.3. The molecule has 0 N–H and O–H groups in total. The average Bonchev–Trinajstić information content (AvgIpc) is 2.72. The van der Waals surface area contributed by atoms with Gasteiger partial charge in [0.15, 0.2) is 5.65 Å². The molecule has 0 aliphatic carbocycles. The van der Waals surface area contributed by atoms with Crippen molar-refractivity contribution in [2.24, 2.45) is 0 Å². The van der Waals surface area contributed by atoms with E-state index in [0.717, 1.165) is 11.1 Å². The van der Waals surface area contributed by atoms with Gasteiger partial charge in [0.1, 0.15) is 5.75 Å². The van der Waals surface area contributed by atoms with Crippen molar-refractivity contribution in [3.8, 4) is 11.4 Å². The lowest BCUT2D eigenvalue weighted by atomic mass is 10.1. The summed E-state index contributed by atoms with van der Waals surface area (Å²) in [6, 6.07) is 18.2. The minimum atomic E-state index is -0.428. The van der Waals surface area contributed by atoms with Gasteiger partial charge in [-0.2, -0.15) is 0 Å². The number of rotatable bonds is 4. The van der Waals surface area contributed by atoms with Crippen LogP contribution in [0.3, 0.4) is 0 Å². The van der Waals surface area contributed by atoms with Gasteiger partial charge in [-0.25, -0.2) is 14.3 Å². The molecule has 6 heteroatoms. The number of hydrogen-bond donors (Lipinski definition) is 0. The van der Waals surface area contributed by atoms with Gasteiger partial charge in [0, 0.05) is 6.20 Å². The van der Waals surface area contributed by atoms with Crippen LogP contribution < -0.4 is 16.0 Å². The van der Waals surface area contributed by atoms with E-state index in [1.807, 2.05) is 31.2 Å². The van der Waals surface area contributed by atoms with Gasteiger partial charge in [-0.1, -0.05) is 29.8 Å². The Bertz CT molecular complexity index is 1270. The van der Waals surface area contributed by atoms with Crippen LogP contribution in [0.25, 0.3) is 16.7 Å². The van der Waals surface area contributed by atoms with Crippen molar-refractivity contribution in [1.29, 1.82) is 0 Å². The number of hydrogen-bond acceptors (Lipinski definition) is 4. The van der Waals surface area contributed by atoms with E-state index >= 15 is 0 Å². The second kappa shape index (κ2) is 7.15. The Labute approximate surface area is 161 Å². The average molecular weight is 373 g/mol. The van der Waals surface area contributed by atoms with Crippen LogP contribution in [0.5, 0.6) is 5.75 Å². The van der Waals surface area contributed by atoms with Crippen molar-refractivity contribution in [1.82, 2.24) is 14.1 Å². The monoisotopic (exact) mass is 373 g/mol.